The maximum Gasteiger partial charge on any atom is 0.141 e. The van der Waals surface area contributed by atoms with Crippen LogP contribution < -0.4 is 4.74 Å². The molecular weight excluding hydrogens is 254 g/mol. The fourth-order valence-corrected chi connectivity index (χ4v) is 1.55. The zero-order valence-corrected chi connectivity index (χ0v) is 11.1. The van der Waals surface area contributed by atoms with Gasteiger partial charge in [0.05, 0.1) is 23.8 Å². The summed E-state index contributed by atoms with van der Waals surface area (Å²) in [7, 11) is 0. The van der Waals surface area contributed by atoms with Crippen LogP contribution in [-0.4, -0.2) is 24.4 Å². The van der Waals surface area contributed by atoms with Crippen molar-refractivity contribution in [3.8, 4) is 11.8 Å². The average Bonchev–Trinajstić information content (AvgIpc) is 2.35. The SMILES string of the molecule is CC(C#N)OCCOc1ccc(C(C)O)cc1Cl. The fraction of sp³-hybridized carbons (Fsp3) is 0.462. The molecular formula is C13H16ClNO3. The Morgan fingerprint density at radius 3 is 2.67 bits per heavy atom. The highest BCUT2D eigenvalue weighted by molar-refractivity contribution is 6.32. The van der Waals surface area contributed by atoms with Crippen LogP contribution in [0.25, 0.3) is 0 Å². The molecule has 0 aliphatic heterocycles. The molecule has 0 bridgehead atoms. The predicted molar refractivity (Wildman–Crippen MR) is 68.6 cm³/mol. The minimum absolute atomic E-state index is 0.319. The predicted octanol–water partition coefficient (Wildman–Crippen LogP) is 2.70. The third-order valence-electron chi connectivity index (χ3n) is 2.33. The van der Waals surface area contributed by atoms with Gasteiger partial charge in [0.1, 0.15) is 18.5 Å². The molecule has 0 aliphatic carbocycles. The van der Waals surface area contributed by atoms with Crippen LogP contribution in [0, 0.1) is 11.3 Å². The molecule has 18 heavy (non-hydrogen) atoms. The summed E-state index contributed by atoms with van der Waals surface area (Å²) in [4.78, 5) is 0. The number of nitriles is 1. The Kier molecular flexibility index (Phi) is 5.93. The molecule has 98 valence electrons. The lowest BCUT2D eigenvalue weighted by molar-refractivity contribution is 0.0744. The van der Waals surface area contributed by atoms with Gasteiger partial charge in [-0.2, -0.15) is 5.26 Å². The van der Waals surface area contributed by atoms with Crippen molar-refractivity contribution in [3.05, 3.63) is 28.8 Å². The number of halogens is 1. The number of aliphatic hydroxyl groups excluding tert-OH is 1. The van der Waals surface area contributed by atoms with E-state index in [1.807, 2.05) is 6.07 Å². The summed E-state index contributed by atoms with van der Waals surface area (Å²) in [6, 6.07) is 7.09. The molecule has 0 saturated carbocycles. The van der Waals surface area contributed by atoms with Crippen LogP contribution in [0.2, 0.25) is 5.02 Å². The standard InChI is InChI=1S/C13H16ClNO3/c1-9(8-15)17-5-6-18-13-4-3-11(10(2)16)7-12(13)14/h3-4,7,9-10,16H,5-6H2,1-2H3. The van der Waals surface area contributed by atoms with Crippen molar-refractivity contribution in [2.75, 3.05) is 13.2 Å². The Morgan fingerprint density at radius 1 is 1.39 bits per heavy atom. The summed E-state index contributed by atoms with van der Waals surface area (Å²) in [6.07, 6.45) is -1.00. The first-order valence-corrected chi connectivity index (χ1v) is 6.04. The third kappa shape index (κ3) is 4.53. The molecule has 0 spiro atoms. The van der Waals surface area contributed by atoms with Gasteiger partial charge in [-0.05, 0) is 31.5 Å². The van der Waals surface area contributed by atoms with Crippen molar-refractivity contribution >= 4 is 11.6 Å². The van der Waals surface area contributed by atoms with Crippen molar-refractivity contribution in [1.29, 1.82) is 5.26 Å². The molecule has 0 radical (unpaired) electrons. The van der Waals surface area contributed by atoms with Gasteiger partial charge < -0.3 is 14.6 Å². The Morgan fingerprint density at radius 2 is 2.11 bits per heavy atom. The zero-order valence-electron chi connectivity index (χ0n) is 10.4. The number of aliphatic hydroxyl groups is 1. The minimum atomic E-state index is -0.559. The lowest BCUT2D eigenvalue weighted by Gasteiger charge is -2.11. The second-order valence-corrected chi connectivity index (χ2v) is 4.26. The first kappa shape index (κ1) is 14.8. The molecule has 4 nitrogen and oxygen atoms in total. The van der Waals surface area contributed by atoms with Crippen molar-refractivity contribution in [3.63, 3.8) is 0 Å². The Balaban J connectivity index is 2.46. The van der Waals surface area contributed by atoms with E-state index in [1.54, 1.807) is 32.0 Å². The van der Waals surface area contributed by atoms with E-state index in [9.17, 15) is 5.11 Å². The largest absolute Gasteiger partial charge is 0.490 e. The van der Waals surface area contributed by atoms with Gasteiger partial charge in [-0.1, -0.05) is 17.7 Å². The van der Waals surface area contributed by atoms with E-state index < -0.39 is 12.2 Å². The van der Waals surface area contributed by atoms with Crippen LogP contribution in [-0.2, 0) is 4.74 Å². The monoisotopic (exact) mass is 269 g/mol. The van der Waals surface area contributed by atoms with Gasteiger partial charge in [0.2, 0.25) is 0 Å². The quantitative estimate of drug-likeness (QED) is 0.807. The third-order valence-corrected chi connectivity index (χ3v) is 2.62. The molecule has 5 heteroatoms. The van der Waals surface area contributed by atoms with Crippen LogP contribution in [0.5, 0.6) is 5.75 Å². The van der Waals surface area contributed by atoms with E-state index in [0.717, 1.165) is 5.56 Å². The Bertz CT molecular complexity index is 429. The van der Waals surface area contributed by atoms with Crippen LogP contribution >= 0.6 is 11.6 Å². The van der Waals surface area contributed by atoms with E-state index in [1.165, 1.54) is 0 Å². The number of hydrogen-bond donors (Lipinski definition) is 1. The maximum atomic E-state index is 9.39. The van der Waals surface area contributed by atoms with Gasteiger partial charge in [-0.15, -0.1) is 0 Å². The van der Waals surface area contributed by atoms with Crippen LogP contribution in [0.3, 0.4) is 0 Å². The summed E-state index contributed by atoms with van der Waals surface area (Å²) in [5.41, 5.74) is 0.738. The molecule has 1 aromatic carbocycles. The van der Waals surface area contributed by atoms with Crippen LogP contribution in [0.1, 0.15) is 25.5 Å². The lowest BCUT2D eigenvalue weighted by Crippen LogP contribution is -2.12. The number of rotatable bonds is 6. The summed E-state index contributed by atoms with van der Waals surface area (Å²) in [5.74, 6) is 0.536. The van der Waals surface area contributed by atoms with Crippen molar-refractivity contribution < 1.29 is 14.6 Å². The van der Waals surface area contributed by atoms with Crippen molar-refractivity contribution in [2.24, 2.45) is 0 Å². The number of ether oxygens (including phenoxy) is 2. The van der Waals surface area contributed by atoms with Gasteiger partial charge in [0.25, 0.3) is 0 Å². The smallest absolute Gasteiger partial charge is 0.141 e. The number of benzene rings is 1. The van der Waals surface area contributed by atoms with E-state index in [2.05, 4.69) is 0 Å². The van der Waals surface area contributed by atoms with Crippen LogP contribution in [0.15, 0.2) is 18.2 Å². The zero-order chi connectivity index (χ0) is 13.5. The summed E-state index contributed by atoms with van der Waals surface area (Å²) >= 11 is 6.01. The van der Waals surface area contributed by atoms with E-state index >= 15 is 0 Å². The first-order valence-electron chi connectivity index (χ1n) is 5.66. The minimum Gasteiger partial charge on any atom is -0.490 e. The van der Waals surface area contributed by atoms with Gasteiger partial charge in [0, 0.05) is 0 Å². The van der Waals surface area contributed by atoms with Gasteiger partial charge in [-0.3, -0.25) is 0 Å². The second-order valence-electron chi connectivity index (χ2n) is 3.86. The Hall–Kier alpha value is -1.28. The highest BCUT2D eigenvalue weighted by atomic mass is 35.5. The molecule has 0 aliphatic rings. The van der Waals surface area contributed by atoms with Crippen molar-refractivity contribution in [1.82, 2.24) is 0 Å². The average molecular weight is 270 g/mol. The number of nitrogens with zero attached hydrogens (tertiary/aromatic N) is 1. The summed E-state index contributed by atoms with van der Waals surface area (Å²) in [6.45, 7) is 3.98. The number of hydrogen-bond acceptors (Lipinski definition) is 4. The molecule has 1 rings (SSSR count). The van der Waals surface area contributed by atoms with Gasteiger partial charge in [0.15, 0.2) is 0 Å². The highest BCUT2D eigenvalue weighted by Gasteiger charge is 2.07. The molecule has 0 amide bonds. The topological polar surface area (TPSA) is 62.5 Å². The van der Waals surface area contributed by atoms with Gasteiger partial charge >= 0.3 is 0 Å². The molecule has 0 saturated heterocycles. The molecule has 1 N–H and O–H groups in total. The van der Waals surface area contributed by atoms with E-state index in [-0.39, 0.29) is 0 Å². The highest BCUT2D eigenvalue weighted by Crippen LogP contribution is 2.27. The molecule has 0 aromatic heterocycles. The lowest BCUT2D eigenvalue weighted by atomic mass is 10.1. The fourth-order valence-electron chi connectivity index (χ4n) is 1.31. The molecule has 2 atom stereocenters. The summed E-state index contributed by atoms with van der Waals surface area (Å²) in [5, 5.41) is 18.4. The molecule has 0 fully saturated rings. The summed E-state index contributed by atoms with van der Waals surface area (Å²) < 4.78 is 10.6. The van der Waals surface area contributed by atoms with Crippen LogP contribution in [0.4, 0.5) is 0 Å². The van der Waals surface area contributed by atoms with Crippen molar-refractivity contribution in [2.45, 2.75) is 26.1 Å². The van der Waals surface area contributed by atoms with E-state index in [4.69, 9.17) is 26.3 Å². The first-order chi connectivity index (χ1) is 8.54. The molecule has 1 aromatic rings. The maximum absolute atomic E-state index is 9.39. The molecule has 0 heterocycles. The molecule has 2 unspecified atom stereocenters. The van der Waals surface area contributed by atoms with Gasteiger partial charge in [-0.25, -0.2) is 0 Å². The normalized spacial score (nSPS) is 13.7. The Labute approximate surface area is 112 Å². The second kappa shape index (κ2) is 7.22. The van der Waals surface area contributed by atoms with E-state index in [0.29, 0.717) is 24.0 Å².